The van der Waals surface area contributed by atoms with Crippen molar-refractivity contribution in [2.75, 3.05) is 5.32 Å². The number of nitro benzene ring substituents is 1. The minimum Gasteiger partial charge on any atom is -0.319 e. The summed E-state index contributed by atoms with van der Waals surface area (Å²) in [5, 5.41) is 14.0. The van der Waals surface area contributed by atoms with Gasteiger partial charge in [0.15, 0.2) is 5.16 Å². The molecule has 1 amide bonds. The quantitative estimate of drug-likeness (QED) is 0.376. The van der Waals surface area contributed by atoms with E-state index in [1.165, 1.54) is 29.5 Å². The van der Waals surface area contributed by atoms with Crippen LogP contribution in [0.2, 0.25) is 0 Å². The van der Waals surface area contributed by atoms with E-state index in [4.69, 9.17) is 0 Å². The summed E-state index contributed by atoms with van der Waals surface area (Å²) in [6.07, 6.45) is 3.54. The predicted molar refractivity (Wildman–Crippen MR) is 110 cm³/mol. The van der Waals surface area contributed by atoms with E-state index in [-0.39, 0.29) is 17.3 Å². The maximum atomic E-state index is 12.6. The Morgan fingerprint density at radius 3 is 2.71 bits per heavy atom. The molecular weight excluding hydrogens is 376 g/mol. The monoisotopic (exact) mass is 396 g/mol. The summed E-state index contributed by atoms with van der Waals surface area (Å²) in [6, 6.07) is 12.2. The highest BCUT2D eigenvalue weighted by Crippen LogP contribution is 2.28. The minimum absolute atomic E-state index is 0.134. The number of nitro groups is 1. The second-order valence-corrected chi connectivity index (χ2v) is 7.70. The van der Waals surface area contributed by atoms with E-state index >= 15 is 0 Å². The zero-order chi connectivity index (χ0) is 20.3. The third kappa shape index (κ3) is 4.23. The first-order valence-corrected chi connectivity index (χ1v) is 9.56. The number of imidazole rings is 1. The van der Waals surface area contributed by atoms with Gasteiger partial charge >= 0.3 is 0 Å². The molecule has 0 unspecified atom stereocenters. The van der Waals surface area contributed by atoms with Crippen LogP contribution in [-0.2, 0) is 4.79 Å². The van der Waals surface area contributed by atoms with Crippen molar-refractivity contribution in [3.05, 3.63) is 76.1 Å². The fraction of sp³-hybridized carbons (Fsp3) is 0.200. The highest BCUT2D eigenvalue weighted by Gasteiger charge is 2.21. The molecule has 3 aromatic rings. The molecule has 0 aliphatic rings. The van der Waals surface area contributed by atoms with E-state index in [2.05, 4.69) is 16.4 Å². The number of hydrogen-bond donors (Lipinski definition) is 1. The van der Waals surface area contributed by atoms with Crippen LogP contribution in [0.4, 0.5) is 11.4 Å². The zero-order valence-corrected chi connectivity index (χ0v) is 16.6. The number of thioether (sulfide) groups is 1. The molecule has 1 atom stereocenters. The number of benzene rings is 2. The number of hydrogen-bond acceptors (Lipinski definition) is 5. The number of carbonyl (C=O) groups is 1. The van der Waals surface area contributed by atoms with Crippen molar-refractivity contribution in [2.45, 2.75) is 31.2 Å². The molecule has 28 heavy (non-hydrogen) atoms. The average molecular weight is 396 g/mol. The number of amides is 1. The van der Waals surface area contributed by atoms with E-state index < -0.39 is 10.2 Å². The molecule has 7 nitrogen and oxygen atoms in total. The maximum absolute atomic E-state index is 12.6. The maximum Gasteiger partial charge on any atom is 0.292 e. The van der Waals surface area contributed by atoms with Gasteiger partial charge in [-0.1, -0.05) is 41.6 Å². The van der Waals surface area contributed by atoms with E-state index in [0.717, 1.165) is 11.3 Å². The molecule has 2 aromatic carbocycles. The van der Waals surface area contributed by atoms with Crippen LogP contribution in [0.1, 0.15) is 18.1 Å². The molecule has 0 saturated carbocycles. The lowest BCUT2D eigenvalue weighted by atomic mass is 10.1. The molecule has 0 spiro atoms. The summed E-state index contributed by atoms with van der Waals surface area (Å²) in [7, 11) is 0. The summed E-state index contributed by atoms with van der Waals surface area (Å²) in [6.45, 7) is 5.81. The molecule has 1 N–H and O–H groups in total. The van der Waals surface area contributed by atoms with Crippen LogP contribution in [0.5, 0.6) is 0 Å². The van der Waals surface area contributed by atoms with E-state index in [1.54, 1.807) is 25.3 Å². The van der Waals surface area contributed by atoms with Crippen LogP contribution < -0.4 is 5.32 Å². The lowest BCUT2D eigenvalue weighted by Crippen LogP contribution is -2.23. The Balaban J connectivity index is 1.77. The van der Waals surface area contributed by atoms with Gasteiger partial charge in [-0.05, 0) is 38.5 Å². The summed E-state index contributed by atoms with van der Waals surface area (Å²) < 4.78 is 1.94. The number of rotatable bonds is 6. The van der Waals surface area contributed by atoms with Crippen LogP contribution in [0.3, 0.4) is 0 Å². The van der Waals surface area contributed by atoms with E-state index in [9.17, 15) is 14.9 Å². The predicted octanol–water partition coefficient (Wildman–Crippen LogP) is 4.52. The molecule has 144 valence electrons. The summed E-state index contributed by atoms with van der Waals surface area (Å²) in [5.41, 5.74) is 3.33. The molecule has 3 rings (SSSR count). The third-order valence-corrected chi connectivity index (χ3v) is 5.31. The van der Waals surface area contributed by atoms with Gasteiger partial charge < -0.3 is 5.32 Å². The number of nitrogens with zero attached hydrogens (tertiary/aromatic N) is 3. The van der Waals surface area contributed by atoms with Crippen LogP contribution in [-0.4, -0.2) is 25.6 Å². The Kier molecular flexibility index (Phi) is 5.79. The van der Waals surface area contributed by atoms with Gasteiger partial charge in [-0.3, -0.25) is 19.5 Å². The van der Waals surface area contributed by atoms with E-state index in [0.29, 0.717) is 5.16 Å². The first kappa shape index (κ1) is 19.6. The number of aromatic nitrogens is 2. The largest absolute Gasteiger partial charge is 0.319 e. The molecular formula is C20H20N4O3S. The Hall–Kier alpha value is -3.13. The fourth-order valence-electron chi connectivity index (χ4n) is 2.82. The normalized spacial score (nSPS) is 11.8. The Bertz CT molecular complexity index is 1030. The molecule has 0 aliphatic carbocycles. The molecule has 1 heterocycles. The topological polar surface area (TPSA) is 90.1 Å². The number of aryl methyl sites for hydroxylation is 2. The molecule has 1 aromatic heterocycles. The van der Waals surface area contributed by atoms with Crippen molar-refractivity contribution < 1.29 is 9.72 Å². The summed E-state index contributed by atoms with van der Waals surface area (Å²) >= 11 is 1.30. The van der Waals surface area contributed by atoms with Crippen molar-refractivity contribution in [2.24, 2.45) is 0 Å². The van der Waals surface area contributed by atoms with Crippen LogP contribution in [0, 0.1) is 24.0 Å². The van der Waals surface area contributed by atoms with Crippen molar-refractivity contribution >= 4 is 29.0 Å². The van der Waals surface area contributed by atoms with Crippen molar-refractivity contribution in [3.63, 3.8) is 0 Å². The standard InChI is InChI=1S/C20H20N4O3S/c1-13-8-9-17(14(2)12-13)23-11-10-21-20(23)28-15(3)19(25)22-16-6-4-5-7-18(16)24(26)27/h4-12,15H,1-3H3,(H,22,25)/t15-/m0/s1. The first-order valence-electron chi connectivity index (χ1n) is 8.68. The van der Waals surface area contributed by atoms with Gasteiger partial charge in [-0.25, -0.2) is 4.98 Å². The molecule has 0 radical (unpaired) electrons. The van der Waals surface area contributed by atoms with Crippen LogP contribution in [0.25, 0.3) is 5.69 Å². The second kappa shape index (κ2) is 8.26. The van der Waals surface area contributed by atoms with Gasteiger partial charge in [0.1, 0.15) is 5.69 Å². The Morgan fingerprint density at radius 2 is 2.00 bits per heavy atom. The smallest absolute Gasteiger partial charge is 0.292 e. The fourth-order valence-corrected chi connectivity index (χ4v) is 3.70. The van der Waals surface area contributed by atoms with Crippen molar-refractivity contribution in [1.82, 2.24) is 9.55 Å². The number of anilines is 1. The van der Waals surface area contributed by atoms with Gasteiger partial charge in [0.05, 0.1) is 15.9 Å². The molecule has 0 fully saturated rings. The van der Waals surface area contributed by atoms with Gasteiger partial charge in [0.2, 0.25) is 5.91 Å². The first-order chi connectivity index (χ1) is 13.4. The highest BCUT2D eigenvalue weighted by atomic mass is 32.2. The minimum atomic E-state index is -0.514. The Morgan fingerprint density at radius 1 is 1.25 bits per heavy atom. The lowest BCUT2D eigenvalue weighted by Gasteiger charge is -2.14. The molecule has 0 bridgehead atoms. The number of nitrogens with one attached hydrogen (secondary N) is 1. The zero-order valence-electron chi connectivity index (χ0n) is 15.7. The van der Waals surface area contributed by atoms with Crippen molar-refractivity contribution in [1.29, 1.82) is 0 Å². The average Bonchev–Trinajstić information content (AvgIpc) is 3.09. The number of carbonyl (C=O) groups excluding carboxylic acids is 1. The number of para-hydroxylation sites is 2. The van der Waals surface area contributed by atoms with Crippen LogP contribution in [0.15, 0.2) is 60.0 Å². The van der Waals surface area contributed by atoms with Crippen molar-refractivity contribution in [3.8, 4) is 5.69 Å². The van der Waals surface area contributed by atoms with Crippen LogP contribution >= 0.6 is 11.8 Å². The van der Waals surface area contributed by atoms with Gasteiger partial charge in [-0.2, -0.15) is 0 Å². The lowest BCUT2D eigenvalue weighted by molar-refractivity contribution is -0.383. The second-order valence-electron chi connectivity index (χ2n) is 6.39. The highest BCUT2D eigenvalue weighted by molar-refractivity contribution is 8.00. The van der Waals surface area contributed by atoms with Gasteiger partial charge in [0, 0.05) is 18.5 Å². The van der Waals surface area contributed by atoms with Gasteiger partial charge in [0.25, 0.3) is 5.69 Å². The SMILES string of the molecule is Cc1ccc(-n2ccnc2S[C@@H](C)C(=O)Nc2ccccc2[N+](=O)[O-])c(C)c1. The molecule has 0 aliphatic heterocycles. The summed E-state index contributed by atoms with van der Waals surface area (Å²) in [5.74, 6) is -0.325. The molecule has 8 heteroatoms. The Labute approximate surface area is 166 Å². The molecule has 0 saturated heterocycles. The summed E-state index contributed by atoms with van der Waals surface area (Å²) in [4.78, 5) is 27.6. The van der Waals surface area contributed by atoms with Gasteiger partial charge in [-0.15, -0.1) is 0 Å². The van der Waals surface area contributed by atoms with E-state index in [1.807, 2.05) is 36.7 Å². The third-order valence-electron chi connectivity index (χ3n) is 4.23.